The minimum atomic E-state index is -0.467. The van der Waals surface area contributed by atoms with Gasteiger partial charge in [0.15, 0.2) is 0 Å². The van der Waals surface area contributed by atoms with Gasteiger partial charge in [-0.15, -0.1) is 0 Å². The molecule has 3 atom stereocenters. The van der Waals surface area contributed by atoms with E-state index in [9.17, 15) is 4.39 Å². The first-order chi connectivity index (χ1) is 5.71. The van der Waals surface area contributed by atoms with Crippen molar-refractivity contribution in [1.29, 1.82) is 0 Å². The van der Waals surface area contributed by atoms with Gasteiger partial charge in [0.05, 0.1) is 0 Å². The van der Waals surface area contributed by atoms with Crippen molar-refractivity contribution in [3.63, 3.8) is 0 Å². The molecule has 0 aromatic rings. The average Bonchev–Trinajstić information content (AvgIpc) is 2.26. The monoisotopic (exact) mass is 186 g/mol. The zero-order chi connectivity index (χ0) is 8.60. The lowest BCUT2D eigenvalue weighted by Gasteiger charge is -2.30. The predicted octanol–water partition coefficient (Wildman–Crippen LogP) is 2.22. The summed E-state index contributed by atoms with van der Waals surface area (Å²) in [6.07, 6.45) is 7.87. The molecule has 12 heavy (non-hydrogen) atoms. The fourth-order valence-corrected chi connectivity index (χ4v) is 4.63. The van der Waals surface area contributed by atoms with Crippen LogP contribution in [0.1, 0.15) is 44.9 Å². The zero-order valence-corrected chi connectivity index (χ0v) is 9.98. The molecule has 2 unspecified atom stereocenters. The molecule has 0 nitrogen and oxygen atoms in total. The summed E-state index contributed by atoms with van der Waals surface area (Å²) in [7, 11) is 1.22. The molecule has 2 aliphatic carbocycles. The molecule has 0 amide bonds. The molecule has 0 spiro atoms. The fraction of sp³-hybridized carbons (Fsp3) is 1.00. The number of fused-ring (bicyclic) bond motifs is 1. The first-order valence-electron chi connectivity index (χ1n) is 5.35. The van der Waals surface area contributed by atoms with Crippen molar-refractivity contribution >= 4 is 10.2 Å². The summed E-state index contributed by atoms with van der Waals surface area (Å²) in [6.45, 7) is 0. The summed E-state index contributed by atoms with van der Waals surface area (Å²) in [4.78, 5) is 0. The van der Waals surface area contributed by atoms with Crippen molar-refractivity contribution in [3.8, 4) is 0 Å². The molecule has 2 heteroatoms. The van der Waals surface area contributed by atoms with Crippen LogP contribution >= 0.6 is 0 Å². The highest BCUT2D eigenvalue weighted by Crippen LogP contribution is 2.54. The Hall–Kier alpha value is 0.147. The summed E-state index contributed by atoms with van der Waals surface area (Å²) >= 11 is 0. The standard InChI is InChI=1S/C10H19FSi/c11-9-5-1-3-8-4-2-6-10(8,12)7-9/h8-9H,1-7H2,12H3/t8?,9-,10?/m0/s1. The first kappa shape index (κ1) is 8.73. The molecule has 2 fully saturated rings. The molecule has 0 radical (unpaired) electrons. The average molecular weight is 186 g/mol. The van der Waals surface area contributed by atoms with Gasteiger partial charge in [0.2, 0.25) is 0 Å². The largest absolute Gasteiger partial charge is 0.247 e. The van der Waals surface area contributed by atoms with Crippen molar-refractivity contribution in [2.24, 2.45) is 5.92 Å². The third-order valence-electron chi connectivity index (χ3n) is 4.04. The second-order valence-electron chi connectivity index (χ2n) is 4.98. The van der Waals surface area contributed by atoms with Gasteiger partial charge in [-0.2, -0.15) is 0 Å². The van der Waals surface area contributed by atoms with Crippen molar-refractivity contribution in [3.05, 3.63) is 0 Å². The first-order valence-corrected chi connectivity index (χ1v) is 6.35. The molecular formula is C10H19FSi. The minimum Gasteiger partial charge on any atom is -0.247 e. The van der Waals surface area contributed by atoms with Gasteiger partial charge in [-0.05, 0) is 23.8 Å². The van der Waals surface area contributed by atoms with Crippen LogP contribution in [0.4, 0.5) is 4.39 Å². The van der Waals surface area contributed by atoms with Gasteiger partial charge in [0, 0.05) is 10.2 Å². The van der Waals surface area contributed by atoms with E-state index in [4.69, 9.17) is 0 Å². The lowest BCUT2D eigenvalue weighted by atomic mass is 9.90. The molecule has 2 aliphatic rings. The van der Waals surface area contributed by atoms with E-state index in [0.29, 0.717) is 5.04 Å². The highest BCUT2D eigenvalue weighted by atomic mass is 28.1. The summed E-state index contributed by atoms with van der Waals surface area (Å²) in [5, 5.41) is 0.510. The normalized spacial score (nSPS) is 48.8. The van der Waals surface area contributed by atoms with Gasteiger partial charge in [-0.25, -0.2) is 4.39 Å². The Morgan fingerprint density at radius 1 is 1.17 bits per heavy atom. The molecule has 0 N–H and O–H groups in total. The Balaban J connectivity index is 2.11. The number of rotatable bonds is 0. The molecule has 0 aromatic heterocycles. The van der Waals surface area contributed by atoms with Gasteiger partial charge in [0.1, 0.15) is 6.17 Å². The van der Waals surface area contributed by atoms with Gasteiger partial charge < -0.3 is 0 Å². The Morgan fingerprint density at radius 3 is 2.75 bits per heavy atom. The predicted molar refractivity (Wildman–Crippen MR) is 53.3 cm³/mol. The number of halogens is 1. The van der Waals surface area contributed by atoms with Gasteiger partial charge in [0.25, 0.3) is 0 Å². The second kappa shape index (κ2) is 3.13. The summed E-state index contributed by atoms with van der Waals surface area (Å²) in [6, 6.07) is 0. The molecular weight excluding hydrogens is 167 g/mol. The van der Waals surface area contributed by atoms with Crippen LogP contribution in [0.5, 0.6) is 0 Å². The van der Waals surface area contributed by atoms with Crippen LogP contribution in [0, 0.1) is 5.92 Å². The zero-order valence-electron chi connectivity index (χ0n) is 7.98. The van der Waals surface area contributed by atoms with E-state index < -0.39 is 6.17 Å². The molecule has 0 heterocycles. The molecule has 2 saturated carbocycles. The van der Waals surface area contributed by atoms with E-state index in [0.717, 1.165) is 25.2 Å². The highest BCUT2D eigenvalue weighted by Gasteiger charge is 2.41. The van der Waals surface area contributed by atoms with Crippen LogP contribution in [0.3, 0.4) is 0 Å². The van der Waals surface area contributed by atoms with Crippen molar-refractivity contribution in [2.45, 2.75) is 56.2 Å². The SMILES string of the molecule is F[C@H]1CCCC2CCCC2([SiH3])C1. The summed E-state index contributed by atoms with van der Waals surface area (Å²) in [5.74, 6) is 0.907. The van der Waals surface area contributed by atoms with E-state index in [1.165, 1.54) is 35.9 Å². The smallest absolute Gasteiger partial charge is 0.100 e. The third-order valence-corrected chi connectivity index (χ3v) is 5.77. The quantitative estimate of drug-likeness (QED) is 0.509. The molecule has 0 bridgehead atoms. The Morgan fingerprint density at radius 2 is 1.92 bits per heavy atom. The maximum Gasteiger partial charge on any atom is 0.100 e. The molecule has 70 valence electrons. The third kappa shape index (κ3) is 1.46. The number of hydrogen-bond acceptors (Lipinski definition) is 0. The summed E-state index contributed by atoms with van der Waals surface area (Å²) in [5.41, 5.74) is 0. The second-order valence-corrected chi connectivity index (χ2v) is 6.97. The Kier molecular flexibility index (Phi) is 2.28. The topological polar surface area (TPSA) is 0 Å². The van der Waals surface area contributed by atoms with Crippen molar-refractivity contribution in [2.75, 3.05) is 0 Å². The van der Waals surface area contributed by atoms with Crippen LogP contribution in [-0.4, -0.2) is 16.4 Å². The van der Waals surface area contributed by atoms with Gasteiger partial charge >= 0.3 is 0 Å². The van der Waals surface area contributed by atoms with Crippen molar-refractivity contribution in [1.82, 2.24) is 0 Å². The van der Waals surface area contributed by atoms with E-state index in [2.05, 4.69) is 0 Å². The molecule has 0 saturated heterocycles. The van der Waals surface area contributed by atoms with E-state index in [1.807, 2.05) is 0 Å². The molecule has 2 rings (SSSR count). The molecule has 0 aliphatic heterocycles. The van der Waals surface area contributed by atoms with E-state index in [-0.39, 0.29) is 0 Å². The van der Waals surface area contributed by atoms with Crippen LogP contribution in [0.25, 0.3) is 0 Å². The lowest BCUT2D eigenvalue weighted by molar-refractivity contribution is 0.265. The fourth-order valence-electron chi connectivity index (χ4n) is 3.26. The summed E-state index contributed by atoms with van der Waals surface area (Å²) < 4.78 is 13.3. The van der Waals surface area contributed by atoms with Gasteiger partial charge in [-0.3, -0.25) is 0 Å². The Labute approximate surface area is 77.3 Å². The van der Waals surface area contributed by atoms with E-state index in [1.54, 1.807) is 0 Å². The van der Waals surface area contributed by atoms with Gasteiger partial charge in [-0.1, -0.05) is 32.1 Å². The van der Waals surface area contributed by atoms with Crippen LogP contribution in [0.2, 0.25) is 5.04 Å². The Bertz CT molecular complexity index is 171. The number of alkyl halides is 1. The van der Waals surface area contributed by atoms with Crippen molar-refractivity contribution < 1.29 is 4.39 Å². The minimum absolute atomic E-state index is 0.467. The van der Waals surface area contributed by atoms with E-state index >= 15 is 0 Å². The number of hydrogen-bond donors (Lipinski definition) is 0. The highest BCUT2D eigenvalue weighted by molar-refractivity contribution is 6.15. The lowest BCUT2D eigenvalue weighted by Crippen LogP contribution is -2.19. The van der Waals surface area contributed by atoms with Crippen LogP contribution < -0.4 is 0 Å². The van der Waals surface area contributed by atoms with Crippen LogP contribution in [0.15, 0.2) is 0 Å². The molecule has 0 aromatic carbocycles. The maximum absolute atomic E-state index is 13.3. The maximum atomic E-state index is 13.3. The van der Waals surface area contributed by atoms with Crippen LogP contribution in [-0.2, 0) is 0 Å².